The van der Waals surface area contributed by atoms with E-state index >= 15 is 0 Å². The number of hydrogen-bond acceptors (Lipinski definition) is 2. The lowest BCUT2D eigenvalue weighted by atomic mass is 9.79. The van der Waals surface area contributed by atoms with Crippen LogP contribution in [0.1, 0.15) is 102 Å². The molecule has 5 heteroatoms. The summed E-state index contributed by atoms with van der Waals surface area (Å²) in [5, 5.41) is 9.32. The maximum Gasteiger partial charge on any atom is 0.303 e. The lowest BCUT2D eigenvalue weighted by Gasteiger charge is -2.27. The molecule has 0 fully saturated rings. The van der Waals surface area contributed by atoms with Crippen molar-refractivity contribution in [2.75, 3.05) is 45.7 Å². The molecule has 0 radical (unpaired) electrons. The summed E-state index contributed by atoms with van der Waals surface area (Å²) in [7, 11) is 6.83. The Bertz CT molecular complexity index is 2010. The molecule has 0 atom stereocenters. The van der Waals surface area contributed by atoms with Crippen molar-refractivity contribution in [2.24, 2.45) is 0 Å². The second kappa shape index (κ2) is 16.1. The van der Waals surface area contributed by atoms with E-state index in [0.29, 0.717) is 6.42 Å². The molecule has 2 aliphatic heterocycles. The standard InChI is InChI=1S/C49H62N3O2/c1-9-10-33-50-42-21-13-11-19-40(42)48(2,3)44(50)30-28-37-17-15-18-38(47(37)39-26-23-36(24-27-39)25-32-46(53)54)29-31-45-49(4,5)41-20-12-14-22-43(41)51(45)34-16-35-52(6,7)8/h11-14,19-24,26-31H,9-10,15-18,25,32-35H2,1-8H3/q+1/p+1. The molecule has 0 saturated carbocycles. The molecule has 3 aromatic carbocycles. The summed E-state index contributed by atoms with van der Waals surface area (Å²) in [4.78, 5) is 13.9. The highest BCUT2D eigenvalue weighted by Gasteiger charge is 2.44. The number of carbonyl (C=O) groups is 1. The number of anilines is 1. The fourth-order valence-electron chi connectivity index (χ4n) is 8.86. The van der Waals surface area contributed by atoms with Crippen molar-refractivity contribution in [3.8, 4) is 0 Å². The minimum Gasteiger partial charge on any atom is -0.481 e. The van der Waals surface area contributed by atoms with Gasteiger partial charge in [0.2, 0.25) is 5.69 Å². The Kier molecular flexibility index (Phi) is 11.7. The Labute approximate surface area is 325 Å². The third kappa shape index (κ3) is 8.27. The van der Waals surface area contributed by atoms with Crippen LogP contribution in [0.3, 0.4) is 0 Å². The largest absolute Gasteiger partial charge is 0.481 e. The number of aliphatic carboxylic acids is 1. The zero-order valence-electron chi connectivity index (χ0n) is 34.2. The minimum atomic E-state index is -0.759. The Morgan fingerprint density at radius 3 is 2.26 bits per heavy atom. The number of fused-ring (bicyclic) bond motifs is 2. The van der Waals surface area contributed by atoms with E-state index in [4.69, 9.17) is 0 Å². The second-order valence-electron chi connectivity index (χ2n) is 17.6. The zero-order valence-corrected chi connectivity index (χ0v) is 34.2. The number of rotatable bonds is 14. The molecule has 0 spiro atoms. The molecule has 0 saturated heterocycles. The van der Waals surface area contributed by atoms with Crippen molar-refractivity contribution in [3.05, 3.63) is 136 Å². The Morgan fingerprint density at radius 1 is 0.852 bits per heavy atom. The molecular formula is C49H63N3O2+2. The first kappa shape index (κ1) is 39.2. The summed E-state index contributed by atoms with van der Waals surface area (Å²) in [5.74, 6) is -0.759. The van der Waals surface area contributed by atoms with Crippen LogP contribution in [-0.2, 0) is 22.0 Å². The van der Waals surface area contributed by atoms with E-state index in [-0.39, 0.29) is 17.3 Å². The number of aryl methyl sites for hydroxylation is 1. The number of quaternary nitrogens is 1. The fourth-order valence-corrected chi connectivity index (χ4v) is 8.86. The van der Waals surface area contributed by atoms with Crippen molar-refractivity contribution < 1.29 is 19.0 Å². The maximum atomic E-state index is 11.3. The van der Waals surface area contributed by atoms with Crippen LogP contribution in [0.15, 0.2) is 114 Å². The summed E-state index contributed by atoms with van der Waals surface area (Å²) in [6.07, 6.45) is 16.9. The van der Waals surface area contributed by atoms with E-state index in [9.17, 15) is 9.90 Å². The number of benzene rings is 3. The van der Waals surface area contributed by atoms with Gasteiger partial charge in [-0.15, -0.1) is 0 Å². The summed E-state index contributed by atoms with van der Waals surface area (Å²) in [5.41, 5.74) is 14.3. The van der Waals surface area contributed by atoms with Gasteiger partial charge in [-0.2, -0.15) is 4.58 Å². The first-order valence-corrected chi connectivity index (χ1v) is 20.3. The van der Waals surface area contributed by atoms with E-state index in [0.717, 1.165) is 68.2 Å². The number of unbranched alkanes of at least 4 members (excludes halogenated alkanes) is 1. The van der Waals surface area contributed by atoms with Crippen LogP contribution in [0.2, 0.25) is 0 Å². The number of carboxylic acids is 1. The molecule has 0 aromatic heterocycles. The Balaban J connectivity index is 1.46. The number of allylic oxidation sites excluding steroid dienone is 8. The van der Waals surface area contributed by atoms with Gasteiger partial charge < -0.3 is 14.5 Å². The molecule has 0 unspecified atom stereocenters. The van der Waals surface area contributed by atoms with Crippen LogP contribution >= 0.6 is 0 Å². The monoisotopic (exact) mass is 725 g/mol. The number of carboxylic acid groups (broad SMARTS) is 1. The van der Waals surface area contributed by atoms with E-state index in [1.54, 1.807) is 0 Å². The number of hydrogen-bond donors (Lipinski definition) is 1. The molecule has 54 heavy (non-hydrogen) atoms. The van der Waals surface area contributed by atoms with Crippen LogP contribution in [0.4, 0.5) is 11.4 Å². The van der Waals surface area contributed by atoms with Gasteiger partial charge in [0.25, 0.3) is 0 Å². The predicted molar refractivity (Wildman–Crippen MR) is 227 cm³/mol. The first-order chi connectivity index (χ1) is 25.7. The van der Waals surface area contributed by atoms with Gasteiger partial charge >= 0.3 is 5.97 Å². The molecule has 1 aliphatic carbocycles. The first-order valence-electron chi connectivity index (χ1n) is 20.3. The molecule has 0 bridgehead atoms. The van der Waals surface area contributed by atoms with Gasteiger partial charge in [-0.1, -0.05) is 100 Å². The molecule has 6 rings (SSSR count). The molecular weight excluding hydrogens is 663 g/mol. The van der Waals surface area contributed by atoms with Crippen molar-refractivity contribution >= 4 is 28.6 Å². The van der Waals surface area contributed by atoms with Gasteiger partial charge in [-0.25, -0.2) is 0 Å². The Morgan fingerprint density at radius 2 is 1.56 bits per heavy atom. The SMILES string of the molecule is CCCCN1/C(=C/C=C2\CCCC(/C=C/C3=[N+](CCC[N+](C)(C)C)c4ccccc4C3(C)C)=C2c2ccc(CCC(=O)O)cc2)C(C)(C)c2ccccc21. The predicted octanol–water partition coefficient (Wildman–Crippen LogP) is 10.8. The van der Waals surface area contributed by atoms with Crippen LogP contribution in [-0.4, -0.2) is 66.6 Å². The van der Waals surface area contributed by atoms with Gasteiger partial charge in [0, 0.05) is 47.5 Å². The smallest absolute Gasteiger partial charge is 0.303 e. The van der Waals surface area contributed by atoms with Crippen LogP contribution in [0.25, 0.3) is 5.57 Å². The van der Waals surface area contributed by atoms with E-state index in [1.165, 1.54) is 56.2 Å². The topological polar surface area (TPSA) is 43.5 Å². The zero-order chi connectivity index (χ0) is 38.7. The molecule has 1 N–H and O–H groups in total. The second-order valence-corrected chi connectivity index (χ2v) is 17.6. The summed E-state index contributed by atoms with van der Waals surface area (Å²) in [6, 6.07) is 26.6. The van der Waals surface area contributed by atoms with Gasteiger partial charge in [0.05, 0.1) is 39.5 Å². The summed E-state index contributed by atoms with van der Waals surface area (Å²) >= 11 is 0. The fraction of sp³-hybridized carbons (Fsp3) is 0.429. The molecule has 284 valence electrons. The van der Waals surface area contributed by atoms with E-state index in [2.05, 4.69) is 162 Å². The minimum absolute atomic E-state index is 0.0938. The molecule has 0 amide bonds. The van der Waals surface area contributed by atoms with Crippen LogP contribution < -0.4 is 4.90 Å². The van der Waals surface area contributed by atoms with Gasteiger partial charge in [0.15, 0.2) is 12.3 Å². The van der Waals surface area contributed by atoms with E-state index in [1.807, 2.05) is 0 Å². The van der Waals surface area contributed by atoms with Gasteiger partial charge in [0.1, 0.15) is 0 Å². The lowest BCUT2D eigenvalue weighted by Crippen LogP contribution is -2.36. The highest BCUT2D eigenvalue weighted by atomic mass is 16.4. The van der Waals surface area contributed by atoms with Crippen molar-refractivity contribution in [1.29, 1.82) is 0 Å². The van der Waals surface area contributed by atoms with Gasteiger partial charge in [-0.05, 0) is 91.5 Å². The van der Waals surface area contributed by atoms with Crippen molar-refractivity contribution in [3.63, 3.8) is 0 Å². The van der Waals surface area contributed by atoms with Crippen molar-refractivity contribution in [2.45, 2.75) is 96.8 Å². The molecule has 3 aromatic rings. The lowest BCUT2D eigenvalue weighted by molar-refractivity contribution is -0.871. The molecule has 3 aliphatic rings. The maximum absolute atomic E-state index is 11.3. The molecule has 5 nitrogen and oxygen atoms in total. The summed E-state index contributed by atoms with van der Waals surface area (Å²) in [6.45, 7) is 14.9. The summed E-state index contributed by atoms with van der Waals surface area (Å²) < 4.78 is 3.54. The average molecular weight is 726 g/mol. The van der Waals surface area contributed by atoms with Gasteiger partial charge in [-0.3, -0.25) is 4.79 Å². The van der Waals surface area contributed by atoms with Crippen molar-refractivity contribution in [1.82, 2.24) is 0 Å². The normalized spacial score (nSPS) is 19.4. The Hall–Kier alpha value is -4.48. The number of nitrogens with zero attached hydrogens (tertiary/aromatic N) is 3. The average Bonchev–Trinajstić information content (AvgIpc) is 3.49. The quantitative estimate of drug-likeness (QED) is 0.133. The number of para-hydroxylation sites is 2. The highest BCUT2D eigenvalue weighted by molar-refractivity contribution is 6.03. The van der Waals surface area contributed by atoms with E-state index < -0.39 is 5.97 Å². The molecule has 2 heterocycles. The van der Waals surface area contributed by atoms with Crippen LogP contribution in [0, 0.1) is 0 Å². The van der Waals surface area contributed by atoms with Crippen LogP contribution in [0.5, 0.6) is 0 Å². The third-order valence-corrected chi connectivity index (χ3v) is 11.8. The third-order valence-electron chi connectivity index (χ3n) is 11.8. The highest BCUT2D eigenvalue weighted by Crippen LogP contribution is 2.48.